The second kappa shape index (κ2) is 10.6. The maximum absolute atomic E-state index is 12.3. The monoisotopic (exact) mass is 403 g/mol. The van der Waals surface area contributed by atoms with Crippen LogP contribution in [0.5, 0.6) is 5.75 Å². The Kier molecular flexibility index (Phi) is 7.85. The lowest BCUT2D eigenvalue weighted by molar-refractivity contribution is -0.116. The highest BCUT2D eigenvalue weighted by atomic mass is 32.1. The van der Waals surface area contributed by atoms with Crippen molar-refractivity contribution in [1.82, 2.24) is 10.2 Å². The highest BCUT2D eigenvalue weighted by Gasteiger charge is 2.24. The van der Waals surface area contributed by atoms with Gasteiger partial charge in [0.05, 0.1) is 26.4 Å². The third-order valence-electron chi connectivity index (χ3n) is 4.88. The van der Waals surface area contributed by atoms with Gasteiger partial charge in [-0.15, -0.1) is 11.3 Å². The summed E-state index contributed by atoms with van der Waals surface area (Å²) >= 11 is 1.78. The SMILES string of the molecule is COc1ccc(NC(=O)C[C@H](C)NC[C@@H](c2cccs2)N2CCOCC2)cc1. The first-order valence-corrected chi connectivity index (χ1v) is 10.6. The molecule has 0 radical (unpaired) electrons. The summed E-state index contributed by atoms with van der Waals surface area (Å²) < 4.78 is 10.6. The maximum Gasteiger partial charge on any atom is 0.225 e. The normalized spacial score (nSPS) is 17.1. The molecule has 6 nitrogen and oxygen atoms in total. The Balaban J connectivity index is 1.49. The molecule has 1 aromatic heterocycles. The second-order valence-electron chi connectivity index (χ2n) is 6.97. The lowest BCUT2D eigenvalue weighted by atomic mass is 10.1. The maximum atomic E-state index is 12.3. The molecule has 1 amide bonds. The molecule has 28 heavy (non-hydrogen) atoms. The quantitative estimate of drug-likeness (QED) is 0.674. The summed E-state index contributed by atoms with van der Waals surface area (Å²) in [6.45, 7) is 6.31. The van der Waals surface area contributed by atoms with Crippen molar-refractivity contribution in [3.63, 3.8) is 0 Å². The molecule has 2 heterocycles. The molecule has 7 heteroatoms. The van der Waals surface area contributed by atoms with E-state index in [0.29, 0.717) is 12.5 Å². The Morgan fingerprint density at radius 3 is 2.64 bits per heavy atom. The van der Waals surface area contributed by atoms with Crippen molar-refractivity contribution in [2.24, 2.45) is 0 Å². The molecule has 152 valence electrons. The summed E-state index contributed by atoms with van der Waals surface area (Å²) in [5.41, 5.74) is 0.780. The van der Waals surface area contributed by atoms with Gasteiger partial charge in [0.1, 0.15) is 5.75 Å². The zero-order chi connectivity index (χ0) is 19.8. The van der Waals surface area contributed by atoms with E-state index in [1.807, 2.05) is 24.3 Å². The standard InChI is InChI=1S/C21H29N3O3S/c1-16(14-21(25)23-17-5-7-18(26-2)8-6-17)22-15-19(20-4-3-13-28-20)24-9-11-27-12-10-24/h3-8,13,16,19,22H,9-12,14-15H2,1-2H3,(H,23,25)/t16-,19-/m0/s1. The predicted octanol–water partition coefficient (Wildman–Crippen LogP) is 3.14. The van der Waals surface area contributed by atoms with E-state index >= 15 is 0 Å². The van der Waals surface area contributed by atoms with E-state index in [-0.39, 0.29) is 11.9 Å². The minimum Gasteiger partial charge on any atom is -0.497 e. The highest BCUT2D eigenvalue weighted by Crippen LogP contribution is 2.25. The minimum absolute atomic E-state index is 0.00390. The number of hydrogen-bond acceptors (Lipinski definition) is 6. The van der Waals surface area contributed by atoms with Gasteiger partial charge in [-0.2, -0.15) is 0 Å². The summed E-state index contributed by atoms with van der Waals surface area (Å²) in [5, 5.41) is 8.61. The molecule has 2 atom stereocenters. The van der Waals surface area contributed by atoms with Crippen molar-refractivity contribution in [2.75, 3.05) is 45.3 Å². The van der Waals surface area contributed by atoms with Crippen LogP contribution in [0.25, 0.3) is 0 Å². The number of hydrogen-bond donors (Lipinski definition) is 2. The molecular weight excluding hydrogens is 374 g/mol. The van der Waals surface area contributed by atoms with E-state index in [4.69, 9.17) is 9.47 Å². The number of thiophene rings is 1. The molecule has 1 fully saturated rings. The van der Waals surface area contributed by atoms with Crippen LogP contribution in [-0.4, -0.2) is 56.8 Å². The number of carbonyl (C=O) groups is 1. The first-order chi connectivity index (χ1) is 13.7. The Bertz CT molecular complexity index is 715. The van der Waals surface area contributed by atoms with Gasteiger partial charge >= 0.3 is 0 Å². The van der Waals surface area contributed by atoms with Gasteiger partial charge in [-0.05, 0) is 42.6 Å². The second-order valence-corrected chi connectivity index (χ2v) is 7.95. The molecule has 2 N–H and O–H groups in total. The van der Waals surface area contributed by atoms with E-state index in [2.05, 4.69) is 40.0 Å². The topological polar surface area (TPSA) is 62.8 Å². The number of rotatable bonds is 9. The van der Waals surface area contributed by atoms with Crippen molar-refractivity contribution < 1.29 is 14.3 Å². The number of nitrogens with one attached hydrogen (secondary N) is 2. The molecule has 3 rings (SSSR count). The zero-order valence-corrected chi connectivity index (χ0v) is 17.3. The van der Waals surface area contributed by atoms with Crippen LogP contribution in [-0.2, 0) is 9.53 Å². The van der Waals surface area contributed by atoms with Crippen LogP contribution in [0.15, 0.2) is 41.8 Å². The summed E-state index contributed by atoms with van der Waals surface area (Å²) in [5.74, 6) is 0.778. The average Bonchev–Trinajstić information content (AvgIpc) is 3.24. The number of methoxy groups -OCH3 is 1. The van der Waals surface area contributed by atoms with Crippen LogP contribution >= 0.6 is 11.3 Å². The molecule has 0 unspecified atom stereocenters. The number of carbonyl (C=O) groups excluding carboxylic acids is 1. The molecule has 1 aromatic carbocycles. The van der Waals surface area contributed by atoms with E-state index in [0.717, 1.165) is 44.3 Å². The van der Waals surface area contributed by atoms with Gasteiger partial charge in [-0.1, -0.05) is 6.07 Å². The Morgan fingerprint density at radius 2 is 2.00 bits per heavy atom. The Labute approximate surface area is 170 Å². The lowest BCUT2D eigenvalue weighted by Gasteiger charge is -2.34. The highest BCUT2D eigenvalue weighted by molar-refractivity contribution is 7.10. The average molecular weight is 404 g/mol. The van der Waals surface area contributed by atoms with Gasteiger partial charge < -0.3 is 20.1 Å². The fourth-order valence-electron chi connectivity index (χ4n) is 3.33. The third-order valence-corrected chi connectivity index (χ3v) is 5.86. The number of amides is 1. The largest absolute Gasteiger partial charge is 0.497 e. The van der Waals surface area contributed by atoms with Crippen LogP contribution in [0.1, 0.15) is 24.3 Å². The van der Waals surface area contributed by atoms with Crippen LogP contribution in [0.3, 0.4) is 0 Å². The number of morpholine rings is 1. The van der Waals surface area contributed by atoms with Gasteiger partial charge in [0, 0.05) is 42.7 Å². The van der Waals surface area contributed by atoms with Crippen LogP contribution in [0.2, 0.25) is 0 Å². The van der Waals surface area contributed by atoms with Crippen molar-refractivity contribution >= 4 is 22.9 Å². The van der Waals surface area contributed by atoms with E-state index in [1.165, 1.54) is 4.88 Å². The van der Waals surface area contributed by atoms with Crippen molar-refractivity contribution in [3.8, 4) is 5.75 Å². The fourth-order valence-corrected chi connectivity index (χ4v) is 4.19. The molecule has 0 spiro atoms. The summed E-state index contributed by atoms with van der Waals surface area (Å²) in [6.07, 6.45) is 0.423. The van der Waals surface area contributed by atoms with Crippen LogP contribution in [0, 0.1) is 0 Å². The molecule has 1 saturated heterocycles. The van der Waals surface area contributed by atoms with Crippen molar-refractivity contribution in [1.29, 1.82) is 0 Å². The van der Waals surface area contributed by atoms with E-state index < -0.39 is 0 Å². The summed E-state index contributed by atoms with van der Waals surface area (Å²) in [6, 6.07) is 12.1. The van der Waals surface area contributed by atoms with Gasteiger partial charge in [0.2, 0.25) is 5.91 Å². The van der Waals surface area contributed by atoms with Gasteiger partial charge in [0.25, 0.3) is 0 Å². The summed E-state index contributed by atoms with van der Waals surface area (Å²) in [7, 11) is 1.63. The Hall–Kier alpha value is -1.93. The molecule has 0 bridgehead atoms. The van der Waals surface area contributed by atoms with Gasteiger partial charge in [-0.25, -0.2) is 0 Å². The first-order valence-electron chi connectivity index (χ1n) is 9.68. The van der Waals surface area contributed by atoms with E-state index in [1.54, 1.807) is 18.4 Å². The molecular formula is C21H29N3O3S. The molecule has 0 aliphatic carbocycles. The third kappa shape index (κ3) is 6.04. The smallest absolute Gasteiger partial charge is 0.225 e. The van der Waals surface area contributed by atoms with Gasteiger partial charge in [0.15, 0.2) is 0 Å². The van der Waals surface area contributed by atoms with Crippen LogP contribution < -0.4 is 15.4 Å². The Morgan fingerprint density at radius 1 is 1.25 bits per heavy atom. The van der Waals surface area contributed by atoms with E-state index in [9.17, 15) is 4.79 Å². The summed E-state index contributed by atoms with van der Waals surface area (Å²) in [4.78, 5) is 16.2. The number of benzene rings is 1. The number of anilines is 1. The lowest BCUT2D eigenvalue weighted by Crippen LogP contribution is -2.44. The molecule has 2 aromatic rings. The number of ether oxygens (including phenoxy) is 2. The van der Waals surface area contributed by atoms with Crippen LogP contribution in [0.4, 0.5) is 5.69 Å². The fraction of sp³-hybridized carbons (Fsp3) is 0.476. The van der Waals surface area contributed by atoms with Crippen molar-refractivity contribution in [2.45, 2.75) is 25.4 Å². The zero-order valence-electron chi connectivity index (χ0n) is 16.5. The first kappa shape index (κ1) is 20.8. The van der Waals surface area contributed by atoms with Gasteiger partial charge in [-0.3, -0.25) is 9.69 Å². The molecule has 1 aliphatic heterocycles. The van der Waals surface area contributed by atoms with Crippen molar-refractivity contribution in [3.05, 3.63) is 46.7 Å². The molecule has 1 aliphatic rings. The number of nitrogens with zero attached hydrogens (tertiary/aromatic N) is 1. The minimum atomic E-state index is 0.00390. The predicted molar refractivity (Wildman–Crippen MR) is 113 cm³/mol. The molecule has 0 saturated carbocycles.